The Labute approximate surface area is 114 Å². The van der Waals surface area contributed by atoms with Gasteiger partial charge in [0, 0.05) is 18.8 Å². The Kier molecular flexibility index (Phi) is 4.06. The van der Waals surface area contributed by atoms with Gasteiger partial charge in [-0.1, -0.05) is 0 Å². The minimum Gasteiger partial charge on any atom is -0.325 e. The Hall–Kier alpha value is -2.02. The minimum absolute atomic E-state index is 0.0353. The molecule has 19 heavy (non-hydrogen) atoms. The fourth-order valence-corrected chi connectivity index (χ4v) is 2.36. The number of aryl methyl sites for hydroxylation is 2. The first-order valence-corrected chi connectivity index (χ1v) is 6.69. The first kappa shape index (κ1) is 13.4. The maximum Gasteiger partial charge on any atom is 0.321 e. The van der Waals surface area contributed by atoms with Gasteiger partial charge in [0.25, 0.3) is 0 Å². The van der Waals surface area contributed by atoms with Crippen LogP contribution in [0.1, 0.15) is 36.0 Å². The largest absolute Gasteiger partial charge is 0.325 e. The van der Waals surface area contributed by atoms with E-state index in [0.29, 0.717) is 5.56 Å². The number of anilines is 1. The first-order chi connectivity index (χ1) is 9.11. The lowest BCUT2D eigenvalue weighted by Crippen LogP contribution is -2.38. The zero-order valence-corrected chi connectivity index (χ0v) is 11.5. The van der Waals surface area contributed by atoms with E-state index in [4.69, 9.17) is 5.26 Å². The molecule has 2 amide bonds. The van der Waals surface area contributed by atoms with Gasteiger partial charge in [0.2, 0.25) is 0 Å². The summed E-state index contributed by atoms with van der Waals surface area (Å²) in [5, 5.41) is 11.9. The van der Waals surface area contributed by atoms with Crippen LogP contribution >= 0.6 is 0 Å². The number of benzene rings is 1. The fourth-order valence-electron chi connectivity index (χ4n) is 2.36. The fraction of sp³-hybridized carbons (Fsp3) is 0.467. The molecule has 1 fully saturated rings. The van der Waals surface area contributed by atoms with Crippen LogP contribution in [0.4, 0.5) is 10.5 Å². The van der Waals surface area contributed by atoms with E-state index in [1.54, 1.807) is 0 Å². The summed E-state index contributed by atoms with van der Waals surface area (Å²) in [6, 6.07) is 5.81. The first-order valence-electron chi connectivity index (χ1n) is 6.69. The third kappa shape index (κ3) is 3.05. The summed E-state index contributed by atoms with van der Waals surface area (Å²) in [6.45, 7) is 5.46. The topological polar surface area (TPSA) is 56.1 Å². The van der Waals surface area contributed by atoms with Crippen molar-refractivity contribution in [2.75, 3.05) is 18.4 Å². The summed E-state index contributed by atoms with van der Waals surface area (Å²) >= 11 is 0. The molecule has 4 heteroatoms. The number of hydrogen-bond donors (Lipinski definition) is 1. The molecule has 1 saturated heterocycles. The highest BCUT2D eigenvalue weighted by molar-refractivity contribution is 5.90. The molecule has 1 N–H and O–H groups in total. The van der Waals surface area contributed by atoms with Gasteiger partial charge < -0.3 is 10.2 Å². The highest BCUT2D eigenvalue weighted by Crippen LogP contribution is 2.21. The van der Waals surface area contributed by atoms with Gasteiger partial charge in [-0.15, -0.1) is 0 Å². The van der Waals surface area contributed by atoms with Crippen molar-refractivity contribution < 1.29 is 4.79 Å². The van der Waals surface area contributed by atoms with Crippen LogP contribution in [0.5, 0.6) is 0 Å². The van der Waals surface area contributed by atoms with Crippen LogP contribution in [-0.4, -0.2) is 24.0 Å². The lowest BCUT2D eigenvalue weighted by molar-refractivity contribution is 0.200. The van der Waals surface area contributed by atoms with Crippen molar-refractivity contribution >= 4 is 11.7 Å². The Morgan fingerprint density at radius 3 is 2.53 bits per heavy atom. The molecule has 0 aromatic heterocycles. The van der Waals surface area contributed by atoms with Gasteiger partial charge in [-0.25, -0.2) is 4.79 Å². The van der Waals surface area contributed by atoms with Gasteiger partial charge in [0.05, 0.1) is 11.6 Å². The normalized spacial score (nSPS) is 14.9. The number of urea groups is 1. The number of carbonyl (C=O) groups is 1. The van der Waals surface area contributed by atoms with E-state index < -0.39 is 0 Å². The maximum atomic E-state index is 12.1. The van der Waals surface area contributed by atoms with Gasteiger partial charge in [-0.05, 0) is 56.4 Å². The zero-order chi connectivity index (χ0) is 13.8. The lowest BCUT2D eigenvalue weighted by atomic mass is 10.0. The molecule has 0 radical (unpaired) electrons. The van der Waals surface area contributed by atoms with Gasteiger partial charge in [0.15, 0.2) is 0 Å². The predicted molar refractivity (Wildman–Crippen MR) is 75.1 cm³/mol. The summed E-state index contributed by atoms with van der Waals surface area (Å²) in [5.41, 5.74) is 3.27. The number of piperidine rings is 1. The van der Waals surface area contributed by atoms with Crippen molar-refractivity contribution in [3.8, 4) is 6.07 Å². The monoisotopic (exact) mass is 257 g/mol. The minimum atomic E-state index is -0.0353. The molecule has 0 saturated carbocycles. The number of carbonyl (C=O) groups excluding carboxylic acids is 1. The van der Waals surface area contributed by atoms with E-state index >= 15 is 0 Å². The molecule has 100 valence electrons. The number of nitrogens with one attached hydrogen (secondary N) is 1. The quantitative estimate of drug-likeness (QED) is 0.840. The Balaban J connectivity index is 2.12. The molecule has 1 aliphatic heterocycles. The molecule has 0 unspecified atom stereocenters. The summed E-state index contributed by atoms with van der Waals surface area (Å²) < 4.78 is 0. The zero-order valence-electron chi connectivity index (χ0n) is 11.5. The molecule has 2 rings (SSSR count). The van der Waals surface area contributed by atoms with E-state index in [0.717, 1.165) is 42.7 Å². The van der Waals surface area contributed by atoms with Gasteiger partial charge in [0.1, 0.15) is 0 Å². The molecular formula is C15H19N3O. The van der Waals surface area contributed by atoms with E-state index in [2.05, 4.69) is 11.4 Å². The van der Waals surface area contributed by atoms with E-state index in [-0.39, 0.29) is 6.03 Å². The molecule has 1 aliphatic rings. The van der Waals surface area contributed by atoms with Crippen molar-refractivity contribution in [2.24, 2.45) is 0 Å². The second-order valence-corrected chi connectivity index (χ2v) is 5.07. The molecule has 0 atom stereocenters. The number of nitrogens with zero attached hydrogens (tertiary/aromatic N) is 2. The van der Waals surface area contributed by atoms with E-state index in [1.165, 1.54) is 6.42 Å². The summed E-state index contributed by atoms with van der Waals surface area (Å²) in [4.78, 5) is 14.0. The molecule has 4 nitrogen and oxygen atoms in total. The van der Waals surface area contributed by atoms with Crippen molar-refractivity contribution in [3.05, 3.63) is 28.8 Å². The highest BCUT2D eigenvalue weighted by atomic mass is 16.2. The maximum absolute atomic E-state index is 12.1. The van der Waals surface area contributed by atoms with Gasteiger partial charge in [-0.3, -0.25) is 0 Å². The molecule has 0 bridgehead atoms. The standard InChI is InChI=1S/C15H19N3O/c1-11-9-14(12(2)8-13(11)10-16)17-15(19)18-6-4-3-5-7-18/h8-9H,3-7H2,1-2H3,(H,17,19). The lowest BCUT2D eigenvalue weighted by Gasteiger charge is -2.27. The van der Waals surface area contributed by atoms with Crippen LogP contribution in [0.2, 0.25) is 0 Å². The van der Waals surface area contributed by atoms with Crippen LogP contribution in [0.15, 0.2) is 12.1 Å². The predicted octanol–water partition coefficient (Wildman–Crippen LogP) is 3.19. The van der Waals surface area contributed by atoms with Crippen LogP contribution < -0.4 is 5.32 Å². The average molecular weight is 257 g/mol. The van der Waals surface area contributed by atoms with Crippen LogP contribution in [0.3, 0.4) is 0 Å². The molecular weight excluding hydrogens is 238 g/mol. The van der Waals surface area contributed by atoms with Crippen LogP contribution in [-0.2, 0) is 0 Å². The molecule has 0 spiro atoms. The molecule has 1 aromatic carbocycles. The number of amides is 2. The number of hydrogen-bond acceptors (Lipinski definition) is 2. The number of nitriles is 1. The van der Waals surface area contributed by atoms with Crippen molar-refractivity contribution in [2.45, 2.75) is 33.1 Å². The Morgan fingerprint density at radius 2 is 1.89 bits per heavy atom. The average Bonchev–Trinajstić information content (AvgIpc) is 2.43. The molecule has 1 heterocycles. The number of likely N-dealkylation sites (tertiary alicyclic amines) is 1. The second kappa shape index (κ2) is 5.75. The van der Waals surface area contributed by atoms with Crippen molar-refractivity contribution in [1.82, 2.24) is 4.90 Å². The van der Waals surface area contributed by atoms with Crippen LogP contribution in [0.25, 0.3) is 0 Å². The smallest absolute Gasteiger partial charge is 0.321 e. The third-order valence-corrected chi connectivity index (χ3v) is 3.58. The molecule has 0 aliphatic carbocycles. The SMILES string of the molecule is Cc1cc(NC(=O)N2CCCCC2)c(C)cc1C#N. The summed E-state index contributed by atoms with van der Waals surface area (Å²) in [6.07, 6.45) is 3.37. The van der Waals surface area contributed by atoms with Gasteiger partial charge in [-0.2, -0.15) is 5.26 Å². The Morgan fingerprint density at radius 1 is 1.21 bits per heavy atom. The van der Waals surface area contributed by atoms with Crippen LogP contribution in [0, 0.1) is 25.2 Å². The molecule has 1 aromatic rings. The highest BCUT2D eigenvalue weighted by Gasteiger charge is 2.17. The third-order valence-electron chi connectivity index (χ3n) is 3.58. The summed E-state index contributed by atoms with van der Waals surface area (Å²) in [7, 11) is 0. The summed E-state index contributed by atoms with van der Waals surface area (Å²) in [5.74, 6) is 0. The van der Waals surface area contributed by atoms with Crippen molar-refractivity contribution in [3.63, 3.8) is 0 Å². The Bertz CT molecular complexity index is 525. The van der Waals surface area contributed by atoms with Gasteiger partial charge >= 0.3 is 6.03 Å². The number of rotatable bonds is 1. The second-order valence-electron chi connectivity index (χ2n) is 5.07. The van der Waals surface area contributed by atoms with E-state index in [9.17, 15) is 4.79 Å². The van der Waals surface area contributed by atoms with E-state index in [1.807, 2.05) is 30.9 Å². The van der Waals surface area contributed by atoms with Crippen molar-refractivity contribution in [1.29, 1.82) is 5.26 Å².